The van der Waals surface area contributed by atoms with Gasteiger partial charge in [-0.2, -0.15) is 11.3 Å². The van der Waals surface area contributed by atoms with Crippen LogP contribution >= 0.6 is 11.3 Å². The molecule has 91 heavy (non-hydrogen) atoms. The van der Waals surface area contributed by atoms with Gasteiger partial charge in [0.2, 0.25) is 15.9 Å². The molecule has 5 heterocycles. The van der Waals surface area contributed by atoms with E-state index in [1.165, 1.54) is 39.8 Å². The lowest BCUT2D eigenvalue weighted by atomic mass is 9.64. The predicted octanol–water partition coefficient (Wildman–Crippen LogP) is 6.31. The van der Waals surface area contributed by atoms with E-state index in [4.69, 9.17) is 23.4 Å². The van der Waals surface area contributed by atoms with Crippen molar-refractivity contribution < 1.29 is 85.4 Å². The Hall–Kier alpha value is -6.88. The Morgan fingerprint density at radius 1 is 0.538 bits per heavy atom. The zero-order valence-electron chi connectivity index (χ0n) is 50.8. The zero-order chi connectivity index (χ0) is 65.2. The minimum Gasteiger partial charge on any atom is -0.445 e. The number of carbonyl (C=O) groups excluding carboxylic acids is 7. The van der Waals surface area contributed by atoms with Crippen molar-refractivity contribution in [2.45, 2.75) is 178 Å². The molecular formula is C62H83B4N5O18S2. The van der Waals surface area contributed by atoms with E-state index in [9.17, 15) is 62.1 Å². The predicted molar refractivity (Wildman–Crippen MR) is 347 cm³/mol. The summed E-state index contributed by atoms with van der Waals surface area (Å²) < 4.78 is 53.5. The van der Waals surface area contributed by atoms with E-state index in [0.717, 1.165) is 16.7 Å². The van der Waals surface area contributed by atoms with Crippen LogP contribution in [0.25, 0.3) is 0 Å². The molecule has 4 amide bonds. The molecule has 9 N–H and O–H groups in total. The van der Waals surface area contributed by atoms with Crippen molar-refractivity contribution in [3.63, 3.8) is 0 Å². The maximum Gasteiger partial charge on any atom is 0.479 e. The molecule has 4 aliphatic heterocycles. The third-order valence-electron chi connectivity index (χ3n) is 14.8. The van der Waals surface area contributed by atoms with Crippen LogP contribution in [0.3, 0.4) is 0 Å². The van der Waals surface area contributed by atoms with E-state index in [2.05, 4.69) is 26.0 Å². The number of alkyl carbamates (subject to hydrolysis) is 1. The highest BCUT2D eigenvalue weighted by Crippen LogP contribution is 2.33. The number of para-hydroxylation sites is 1. The lowest BCUT2D eigenvalue weighted by molar-refractivity contribution is -0.122. The number of ether oxygens (including phenoxy) is 1. The van der Waals surface area contributed by atoms with E-state index in [1.54, 1.807) is 41.7 Å². The first-order valence-corrected chi connectivity index (χ1v) is 32.3. The van der Waals surface area contributed by atoms with Gasteiger partial charge in [-0.3, -0.25) is 24.0 Å². The molecule has 1 unspecified atom stereocenters. The van der Waals surface area contributed by atoms with E-state index in [0.29, 0.717) is 57.1 Å². The van der Waals surface area contributed by atoms with Crippen molar-refractivity contribution in [2.75, 3.05) is 5.32 Å². The van der Waals surface area contributed by atoms with E-state index < -0.39 is 68.4 Å². The highest BCUT2D eigenvalue weighted by molar-refractivity contribution is 7.89. The lowest BCUT2D eigenvalue weighted by Crippen LogP contribution is -2.57. The van der Waals surface area contributed by atoms with Gasteiger partial charge in [0.25, 0.3) is 0 Å². The molecule has 488 valence electrons. The summed E-state index contributed by atoms with van der Waals surface area (Å²) in [6.07, 6.45) is 3.35. The lowest BCUT2D eigenvalue weighted by Gasteiger charge is -2.38. The molecular weight excluding hydrogens is 1210 g/mol. The van der Waals surface area contributed by atoms with Crippen LogP contribution in [-0.4, -0.2) is 146 Å². The number of Topliss-reactive ketones (excluding diaryl/α,β-unsaturated/α-hetero) is 4. The maximum absolute atomic E-state index is 12.4. The third kappa shape index (κ3) is 26.7. The van der Waals surface area contributed by atoms with Crippen molar-refractivity contribution >= 4 is 96.7 Å². The average Bonchev–Trinajstić information content (AvgIpc) is 1.22. The summed E-state index contributed by atoms with van der Waals surface area (Å²) in [5.41, 5.74) is 3.53. The first kappa shape index (κ1) is 74.8. The molecule has 1 aromatic heterocycles. The van der Waals surface area contributed by atoms with Gasteiger partial charge in [0, 0.05) is 55.6 Å². The van der Waals surface area contributed by atoms with E-state index in [-0.39, 0.29) is 110 Å². The van der Waals surface area contributed by atoms with Gasteiger partial charge in [0.05, 0.1) is 41.2 Å². The minimum absolute atomic E-state index is 0. The van der Waals surface area contributed by atoms with Crippen molar-refractivity contribution in [1.82, 2.24) is 20.7 Å². The van der Waals surface area contributed by atoms with Crippen LogP contribution in [0.15, 0.2) is 143 Å². The van der Waals surface area contributed by atoms with Gasteiger partial charge in [-0.15, -0.1) is 0 Å². The molecule has 4 aromatic carbocycles. The summed E-state index contributed by atoms with van der Waals surface area (Å²) in [6.45, 7) is 6.12. The third-order valence-corrected chi connectivity index (χ3v) is 17.0. The van der Waals surface area contributed by atoms with Crippen LogP contribution in [0, 0.1) is 0 Å². The summed E-state index contributed by atoms with van der Waals surface area (Å²) in [5, 5.41) is 54.9. The number of urea groups is 1. The number of hydrogen-bond acceptors (Lipinski definition) is 19. The maximum atomic E-state index is 12.4. The monoisotopic (exact) mass is 1290 g/mol. The second-order valence-electron chi connectivity index (χ2n) is 22.5. The number of nitrogens with one attached hydrogen (secondary N) is 5. The SMILES string of the molecule is C.CC(=O)C[C@@H]1CC(c2ccccc2)[C@H](NC(=O)Cc2ccsc2)B(O)O1.CC(=O)C[C@@H]1CC[C@H](NC(=O)Nc2ccccc2)B(O)O1.CC(=O)C[C@@H]1CC[C@H](NC(=O)OCc2ccccc2)B(O)O1.CC(=O)C[C@@H]1CC[C@H](NS(=O)(=O)c2ccccc2)B(O)O1. The quantitative estimate of drug-likeness (QED) is 0.0386. The van der Waals surface area contributed by atoms with Gasteiger partial charge >= 0.3 is 40.6 Å². The number of carbonyl (C=O) groups is 7. The number of sulfonamides is 1. The highest BCUT2D eigenvalue weighted by Gasteiger charge is 2.44. The number of hydrogen-bond donors (Lipinski definition) is 9. The summed E-state index contributed by atoms with van der Waals surface area (Å²) >= 11 is 1.55. The zero-order valence-corrected chi connectivity index (χ0v) is 52.4. The standard InChI is InChI=1S/C19H22BNO4S.C15H20BNO5.C14H19BN2O4.C13H18BNO5S.CH4/c1-13(22)9-16-11-17(15-5-3-2-4-6-15)19(20(24)25-16)21-18(23)10-14-7-8-26-12-14;1-11(18)9-13-7-8-14(16(20)22-13)17-15(19)21-10-12-5-3-2-4-6-12;1-10(18)9-12-7-8-13(15(20)21-12)17-14(19)16-11-5-3-2-4-6-11;1-10(16)9-11-7-8-13(14(17)20-11)15-21(18,19)12-5-3-2-4-6-12;/h2-8,12,16-17,19,24H,9-11H2,1H3,(H,21,23);2-6,13-14,20H,7-10H2,1H3,(H,17,19);2-6,12-13,20H,7-9H2,1H3,(H2,16,17,19);2-6,11,13,15,17H,7-9H2,1H3;1H4/t16-,17?,19+;13-,14-;12-,13-;11-,13-;/m1000./s1. The van der Waals surface area contributed by atoms with Gasteiger partial charge in [-0.1, -0.05) is 104 Å². The van der Waals surface area contributed by atoms with Crippen LogP contribution < -0.4 is 26.0 Å². The molecule has 0 saturated carbocycles. The molecule has 29 heteroatoms. The number of ketones is 4. The molecule has 4 aliphatic rings. The largest absolute Gasteiger partial charge is 0.479 e. The molecule has 4 fully saturated rings. The number of benzene rings is 4. The summed E-state index contributed by atoms with van der Waals surface area (Å²) in [4.78, 5) is 80.7. The van der Waals surface area contributed by atoms with Crippen molar-refractivity contribution in [3.8, 4) is 0 Å². The fourth-order valence-corrected chi connectivity index (χ4v) is 12.5. The van der Waals surface area contributed by atoms with E-state index in [1.807, 2.05) is 95.7 Å². The fraction of sp³-hybridized carbons (Fsp3) is 0.435. The normalized spacial score (nSPS) is 22.0. The Kier molecular flexibility index (Phi) is 31.4. The van der Waals surface area contributed by atoms with Gasteiger partial charge in [0.1, 0.15) is 29.7 Å². The molecule has 0 spiro atoms. The molecule has 0 bridgehead atoms. The highest BCUT2D eigenvalue weighted by atomic mass is 32.2. The topological polar surface area (TPSA) is 341 Å². The first-order chi connectivity index (χ1) is 43.0. The van der Waals surface area contributed by atoms with E-state index >= 15 is 0 Å². The number of rotatable bonds is 20. The van der Waals surface area contributed by atoms with Gasteiger partial charge in [0.15, 0.2) is 0 Å². The smallest absolute Gasteiger partial charge is 0.445 e. The molecule has 0 radical (unpaired) electrons. The van der Waals surface area contributed by atoms with Crippen molar-refractivity contribution in [2.24, 2.45) is 0 Å². The van der Waals surface area contributed by atoms with Crippen LogP contribution in [0.4, 0.5) is 15.3 Å². The van der Waals surface area contributed by atoms with Crippen molar-refractivity contribution in [3.05, 3.63) is 155 Å². The minimum atomic E-state index is -3.69. The van der Waals surface area contributed by atoms with Crippen LogP contribution in [-0.2, 0) is 70.4 Å². The second-order valence-corrected chi connectivity index (χ2v) is 25.0. The Labute approximate surface area is 538 Å². The molecule has 5 aromatic rings. The number of anilines is 1. The first-order valence-electron chi connectivity index (χ1n) is 29.8. The Balaban J connectivity index is 0.000000221. The molecule has 9 atom stereocenters. The number of amides is 4. The Morgan fingerprint density at radius 2 is 0.989 bits per heavy atom. The summed E-state index contributed by atoms with van der Waals surface area (Å²) in [6, 6.07) is 37.6. The Morgan fingerprint density at radius 3 is 1.47 bits per heavy atom. The Bertz CT molecular complexity index is 3170. The van der Waals surface area contributed by atoms with Gasteiger partial charge in [-0.25, -0.2) is 22.7 Å². The molecule has 23 nitrogen and oxygen atoms in total. The van der Waals surface area contributed by atoms with Crippen LogP contribution in [0.2, 0.25) is 0 Å². The molecule has 9 rings (SSSR count). The average molecular weight is 1290 g/mol. The second kappa shape index (κ2) is 38.2. The number of thiophene rings is 1. The summed E-state index contributed by atoms with van der Waals surface area (Å²) in [7, 11) is -8.30. The molecule has 0 aliphatic carbocycles. The fourth-order valence-electron chi connectivity index (χ4n) is 10.5. The van der Waals surface area contributed by atoms with Crippen LogP contribution in [0.5, 0.6) is 0 Å². The van der Waals surface area contributed by atoms with Crippen molar-refractivity contribution in [1.29, 1.82) is 0 Å². The molecule has 4 saturated heterocycles. The summed E-state index contributed by atoms with van der Waals surface area (Å²) in [5.74, 6) is -2.47. The van der Waals surface area contributed by atoms with Gasteiger partial charge < -0.3 is 64.7 Å². The van der Waals surface area contributed by atoms with Gasteiger partial charge in [-0.05, 0) is 130 Å². The van der Waals surface area contributed by atoms with Crippen LogP contribution in [0.1, 0.15) is 128 Å².